The average molecular weight is 438 g/mol. The van der Waals surface area contributed by atoms with Gasteiger partial charge in [-0.3, -0.25) is 4.79 Å². The zero-order valence-corrected chi connectivity index (χ0v) is 17.7. The molecule has 168 valence electrons. The maximum atomic E-state index is 13.3. The molecular formula is C22H25F3N2O4. The third kappa shape index (κ3) is 5.22. The Bertz CT molecular complexity index is 939. The molecule has 1 fully saturated rings. The number of anilines is 2. The zero-order valence-electron chi connectivity index (χ0n) is 17.7. The summed E-state index contributed by atoms with van der Waals surface area (Å²) in [6, 6.07) is 7.91. The van der Waals surface area contributed by atoms with Gasteiger partial charge in [-0.15, -0.1) is 0 Å². The quantitative estimate of drug-likeness (QED) is 0.740. The smallest absolute Gasteiger partial charge is 0.416 e. The van der Waals surface area contributed by atoms with Gasteiger partial charge in [0.15, 0.2) is 11.5 Å². The molecule has 2 atom stereocenters. The Kier molecular flexibility index (Phi) is 6.64. The molecule has 0 saturated carbocycles. The molecule has 1 N–H and O–H groups in total. The van der Waals surface area contributed by atoms with Gasteiger partial charge in [0.05, 0.1) is 43.4 Å². The highest BCUT2D eigenvalue weighted by molar-refractivity contribution is 6.06. The fourth-order valence-corrected chi connectivity index (χ4v) is 3.63. The number of halogens is 3. The van der Waals surface area contributed by atoms with Crippen LogP contribution in [0.3, 0.4) is 0 Å². The van der Waals surface area contributed by atoms with Crippen molar-refractivity contribution in [1.82, 2.24) is 0 Å². The molecule has 1 aliphatic rings. The van der Waals surface area contributed by atoms with Crippen molar-refractivity contribution in [2.45, 2.75) is 32.2 Å². The van der Waals surface area contributed by atoms with Gasteiger partial charge in [-0.25, -0.2) is 0 Å². The van der Waals surface area contributed by atoms with E-state index < -0.39 is 17.6 Å². The maximum absolute atomic E-state index is 13.3. The summed E-state index contributed by atoms with van der Waals surface area (Å²) in [7, 11) is 2.90. The molecule has 1 amide bonds. The molecular weight excluding hydrogens is 413 g/mol. The number of alkyl halides is 3. The number of ether oxygens (including phenoxy) is 3. The highest BCUT2D eigenvalue weighted by Gasteiger charge is 2.32. The van der Waals surface area contributed by atoms with Gasteiger partial charge in [0.25, 0.3) is 5.91 Å². The molecule has 3 rings (SSSR count). The maximum Gasteiger partial charge on any atom is 0.416 e. The number of morpholine rings is 1. The lowest BCUT2D eigenvalue weighted by atomic mass is 10.1. The van der Waals surface area contributed by atoms with Gasteiger partial charge in [0.2, 0.25) is 0 Å². The minimum atomic E-state index is -4.53. The second-order valence-corrected chi connectivity index (χ2v) is 7.42. The van der Waals surface area contributed by atoms with Crippen molar-refractivity contribution in [3.05, 3.63) is 47.5 Å². The molecule has 2 aromatic rings. The van der Waals surface area contributed by atoms with Crippen LogP contribution in [0.2, 0.25) is 0 Å². The van der Waals surface area contributed by atoms with Crippen molar-refractivity contribution < 1.29 is 32.2 Å². The van der Waals surface area contributed by atoms with E-state index in [1.807, 2.05) is 18.7 Å². The third-order valence-corrected chi connectivity index (χ3v) is 4.98. The predicted octanol–water partition coefficient (Wildman–Crippen LogP) is 4.59. The fraction of sp³-hybridized carbons (Fsp3) is 0.409. The summed E-state index contributed by atoms with van der Waals surface area (Å²) in [5.74, 6) is 0.223. The Balaban J connectivity index is 1.96. The van der Waals surface area contributed by atoms with Crippen LogP contribution in [-0.2, 0) is 10.9 Å². The lowest BCUT2D eigenvalue weighted by Crippen LogP contribution is -2.45. The van der Waals surface area contributed by atoms with Crippen molar-refractivity contribution in [1.29, 1.82) is 0 Å². The Morgan fingerprint density at radius 2 is 1.68 bits per heavy atom. The standard InChI is InChI=1S/C22H25F3N2O4/c1-13-11-27(12-14(2)31-13)18-7-6-16(22(23,24)25)10-17(18)26-21(28)15-5-8-19(29-3)20(9-15)30-4/h5-10,13-14H,11-12H2,1-4H3,(H,26,28)/t13-,14-/m0/s1. The first-order chi connectivity index (χ1) is 14.6. The second-order valence-electron chi connectivity index (χ2n) is 7.42. The summed E-state index contributed by atoms with van der Waals surface area (Å²) >= 11 is 0. The summed E-state index contributed by atoms with van der Waals surface area (Å²) in [4.78, 5) is 14.8. The van der Waals surface area contributed by atoms with Gasteiger partial charge < -0.3 is 24.4 Å². The number of nitrogens with zero attached hydrogens (tertiary/aromatic N) is 1. The van der Waals surface area contributed by atoms with Crippen LogP contribution in [0.25, 0.3) is 0 Å². The van der Waals surface area contributed by atoms with Gasteiger partial charge in [-0.2, -0.15) is 13.2 Å². The molecule has 0 bridgehead atoms. The zero-order chi connectivity index (χ0) is 22.8. The van der Waals surface area contributed by atoms with Gasteiger partial charge >= 0.3 is 6.18 Å². The minimum Gasteiger partial charge on any atom is -0.493 e. The highest BCUT2D eigenvalue weighted by Crippen LogP contribution is 2.37. The number of amides is 1. The molecule has 31 heavy (non-hydrogen) atoms. The molecule has 0 aromatic heterocycles. The van der Waals surface area contributed by atoms with E-state index in [9.17, 15) is 18.0 Å². The summed E-state index contributed by atoms with van der Waals surface area (Å²) in [5, 5.41) is 2.64. The topological polar surface area (TPSA) is 60.0 Å². The van der Waals surface area contributed by atoms with Gasteiger partial charge in [0.1, 0.15) is 0 Å². The Hall–Kier alpha value is -2.94. The van der Waals surface area contributed by atoms with E-state index in [0.29, 0.717) is 30.3 Å². The van der Waals surface area contributed by atoms with Crippen molar-refractivity contribution in [3.8, 4) is 11.5 Å². The molecule has 0 aliphatic carbocycles. The van der Waals surface area contributed by atoms with Crippen LogP contribution in [0, 0.1) is 0 Å². The first-order valence-electron chi connectivity index (χ1n) is 9.77. The van der Waals surface area contributed by atoms with E-state index in [1.54, 1.807) is 6.07 Å². The summed E-state index contributed by atoms with van der Waals surface area (Å²) < 4.78 is 56.1. The molecule has 0 radical (unpaired) electrons. The fourth-order valence-electron chi connectivity index (χ4n) is 3.63. The molecule has 9 heteroatoms. The number of carbonyl (C=O) groups is 1. The van der Waals surface area contributed by atoms with Crippen LogP contribution >= 0.6 is 0 Å². The Morgan fingerprint density at radius 1 is 1.03 bits per heavy atom. The largest absolute Gasteiger partial charge is 0.493 e. The molecule has 1 saturated heterocycles. The van der Waals surface area contributed by atoms with E-state index >= 15 is 0 Å². The average Bonchev–Trinajstić information content (AvgIpc) is 2.71. The number of hydrogen-bond acceptors (Lipinski definition) is 5. The van der Waals surface area contributed by atoms with Crippen LogP contribution in [-0.4, -0.2) is 45.4 Å². The third-order valence-electron chi connectivity index (χ3n) is 4.98. The number of nitrogens with one attached hydrogen (secondary N) is 1. The van der Waals surface area contributed by atoms with Crippen molar-refractivity contribution in [2.75, 3.05) is 37.5 Å². The number of methoxy groups -OCH3 is 2. The van der Waals surface area contributed by atoms with Crippen LogP contribution in [0.1, 0.15) is 29.8 Å². The Labute approximate surface area is 178 Å². The SMILES string of the molecule is COc1ccc(C(=O)Nc2cc(C(F)(F)F)ccc2N2C[C@H](C)O[C@@H](C)C2)cc1OC. The van der Waals surface area contributed by atoms with Gasteiger partial charge in [0, 0.05) is 18.7 Å². The predicted molar refractivity (Wildman–Crippen MR) is 111 cm³/mol. The van der Waals surface area contributed by atoms with Crippen LogP contribution in [0.5, 0.6) is 11.5 Å². The Morgan fingerprint density at radius 3 is 2.26 bits per heavy atom. The van der Waals surface area contributed by atoms with E-state index in [4.69, 9.17) is 14.2 Å². The van der Waals surface area contributed by atoms with Crippen molar-refractivity contribution >= 4 is 17.3 Å². The number of benzene rings is 2. The van der Waals surface area contributed by atoms with E-state index in [0.717, 1.165) is 12.1 Å². The van der Waals surface area contributed by atoms with E-state index in [-0.39, 0.29) is 23.5 Å². The van der Waals surface area contributed by atoms with E-state index in [1.165, 1.54) is 32.4 Å². The molecule has 0 unspecified atom stereocenters. The lowest BCUT2D eigenvalue weighted by Gasteiger charge is -2.37. The lowest BCUT2D eigenvalue weighted by molar-refractivity contribution is -0.137. The number of carbonyl (C=O) groups excluding carboxylic acids is 1. The van der Waals surface area contributed by atoms with Crippen LogP contribution in [0.15, 0.2) is 36.4 Å². The van der Waals surface area contributed by atoms with Gasteiger partial charge in [-0.05, 0) is 50.2 Å². The van der Waals surface area contributed by atoms with Crippen LogP contribution < -0.4 is 19.7 Å². The van der Waals surface area contributed by atoms with E-state index in [2.05, 4.69) is 5.32 Å². The van der Waals surface area contributed by atoms with Crippen molar-refractivity contribution in [3.63, 3.8) is 0 Å². The first-order valence-corrected chi connectivity index (χ1v) is 9.77. The number of hydrogen-bond donors (Lipinski definition) is 1. The monoisotopic (exact) mass is 438 g/mol. The first kappa shape index (κ1) is 22.7. The molecule has 0 spiro atoms. The summed E-state index contributed by atoms with van der Waals surface area (Å²) in [6.07, 6.45) is -4.73. The van der Waals surface area contributed by atoms with Gasteiger partial charge in [-0.1, -0.05) is 0 Å². The normalized spacial score (nSPS) is 19.1. The molecule has 1 heterocycles. The highest BCUT2D eigenvalue weighted by atomic mass is 19.4. The molecule has 1 aliphatic heterocycles. The molecule has 6 nitrogen and oxygen atoms in total. The van der Waals surface area contributed by atoms with Crippen LogP contribution in [0.4, 0.5) is 24.5 Å². The van der Waals surface area contributed by atoms with Crippen molar-refractivity contribution in [2.24, 2.45) is 0 Å². The minimum absolute atomic E-state index is 0.0795. The summed E-state index contributed by atoms with van der Waals surface area (Å²) in [5.41, 5.74) is -0.0299. The number of rotatable bonds is 5. The summed E-state index contributed by atoms with van der Waals surface area (Å²) in [6.45, 7) is 4.78. The molecule has 2 aromatic carbocycles. The second kappa shape index (κ2) is 9.05.